The molecule has 3 amide bonds. The van der Waals surface area contributed by atoms with E-state index >= 15 is 0 Å². The molecule has 0 aliphatic carbocycles. The number of hydrogen-bond acceptors (Lipinski definition) is 4. The first-order valence-electron chi connectivity index (χ1n) is 9.11. The first-order chi connectivity index (χ1) is 13.8. The Hall–Kier alpha value is -3.42. The molecule has 1 atom stereocenters. The van der Waals surface area contributed by atoms with Crippen molar-refractivity contribution in [3.8, 4) is 0 Å². The van der Waals surface area contributed by atoms with Gasteiger partial charge in [0.1, 0.15) is 11.9 Å². The molecule has 29 heavy (non-hydrogen) atoms. The van der Waals surface area contributed by atoms with Crippen LogP contribution in [0.2, 0.25) is 0 Å². The molecule has 0 aliphatic rings. The number of benzene rings is 2. The van der Waals surface area contributed by atoms with Crippen molar-refractivity contribution in [3.63, 3.8) is 0 Å². The summed E-state index contributed by atoms with van der Waals surface area (Å²) in [5.41, 5.74) is 1.28. The number of anilines is 2. The van der Waals surface area contributed by atoms with Gasteiger partial charge in [-0.05, 0) is 42.7 Å². The maximum Gasteiger partial charge on any atom is 0.329 e. The molecule has 7 nitrogen and oxygen atoms in total. The molecule has 2 rings (SSSR count). The van der Waals surface area contributed by atoms with Gasteiger partial charge in [0.15, 0.2) is 6.61 Å². The molecule has 3 N–H and O–H groups in total. The summed E-state index contributed by atoms with van der Waals surface area (Å²) >= 11 is 0. The highest BCUT2D eigenvalue weighted by Crippen LogP contribution is 2.15. The molecule has 0 bridgehead atoms. The summed E-state index contributed by atoms with van der Waals surface area (Å²) in [6, 6.07) is 11.6. The minimum absolute atomic E-state index is 0.00239. The summed E-state index contributed by atoms with van der Waals surface area (Å²) in [6.07, 6.45) is 0. The lowest BCUT2D eigenvalue weighted by Gasteiger charge is -2.21. The molecule has 0 heterocycles. The number of urea groups is 1. The molecule has 2 aromatic carbocycles. The number of aryl methyl sites for hydroxylation is 1. The Bertz CT molecular complexity index is 871. The van der Waals surface area contributed by atoms with Crippen LogP contribution in [-0.4, -0.2) is 30.6 Å². The van der Waals surface area contributed by atoms with Crippen molar-refractivity contribution < 1.29 is 23.5 Å². The lowest BCUT2D eigenvalue weighted by molar-refractivity contribution is -0.150. The van der Waals surface area contributed by atoms with E-state index in [1.165, 1.54) is 12.1 Å². The van der Waals surface area contributed by atoms with Crippen LogP contribution in [0, 0.1) is 18.7 Å². The van der Waals surface area contributed by atoms with E-state index in [-0.39, 0.29) is 11.6 Å². The predicted molar refractivity (Wildman–Crippen MR) is 108 cm³/mol. The predicted octanol–water partition coefficient (Wildman–Crippen LogP) is 3.46. The number of nitrogens with one attached hydrogen (secondary N) is 3. The topological polar surface area (TPSA) is 96.5 Å². The first kappa shape index (κ1) is 21.9. The van der Waals surface area contributed by atoms with Gasteiger partial charge in [-0.2, -0.15) is 0 Å². The van der Waals surface area contributed by atoms with Gasteiger partial charge in [0, 0.05) is 5.69 Å². The van der Waals surface area contributed by atoms with Gasteiger partial charge in [-0.25, -0.2) is 14.0 Å². The summed E-state index contributed by atoms with van der Waals surface area (Å²) in [5, 5.41) is 7.49. The van der Waals surface area contributed by atoms with Gasteiger partial charge in [-0.15, -0.1) is 0 Å². The number of ether oxygens (including phenoxy) is 1. The van der Waals surface area contributed by atoms with E-state index in [9.17, 15) is 18.8 Å². The van der Waals surface area contributed by atoms with Crippen LogP contribution < -0.4 is 16.0 Å². The molecule has 0 radical (unpaired) electrons. The smallest absolute Gasteiger partial charge is 0.329 e. The van der Waals surface area contributed by atoms with E-state index in [1.54, 1.807) is 51.1 Å². The van der Waals surface area contributed by atoms with Crippen molar-refractivity contribution in [1.29, 1.82) is 0 Å². The largest absolute Gasteiger partial charge is 0.454 e. The van der Waals surface area contributed by atoms with Crippen LogP contribution in [0.15, 0.2) is 48.5 Å². The SMILES string of the molecule is Cc1ccc(NC(=O)COC(=O)[C@@H](NC(=O)Nc2ccccc2)C(C)C)c(F)c1. The van der Waals surface area contributed by atoms with Crippen LogP contribution in [0.1, 0.15) is 19.4 Å². The van der Waals surface area contributed by atoms with E-state index in [0.29, 0.717) is 11.3 Å². The zero-order valence-electron chi connectivity index (χ0n) is 16.5. The summed E-state index contributed by atoms with van der Waals surface area (Å²) < 4.78 is 18.8. The number of halogens is 1. The molecular formula is C21H24FN3O4. The number of rotatable bonds is 7. The molecule has 154 valence electrons. The number of carbonyl (C=O) groups excluding carboxylic acids is 3. The summed E-state index contributed by atoms with van der Waals surface area (Å²) in [4.78, 5) is 36.4. The van der Waals surface area contributed by atoms with Crippen LogP contribution in [0.5, 0.6) is 0 Å². The van der Waals surface area contributed by atoms with Crippen LogP contribution in [0.3, 0.4) is 0 Å². The minimum atomic E-state index is -0.956. The third kappa shape index (κ3) is 6.91. The van der Waals surface area contributed by atoms with E-state index < -0.39 is 36.4 Å². The Morgan fingerprint density at radius 3 is 2.34 bits per heavy atom. The quantitative estimate of drug-likeness (QED) is 0.619. The Balaban J connectivity index is 1.88. The van der Waals surface area contributed by atoms with Crippen molar-refractivity contribution in [2.75, 3.05) is 17.2 Å². The third-order valence-corrected chi connectivity index (χ3v) is 3.98. The van der Waals surface area contributed by atoms with Gasteiger partial charge in [0.25, 0.3) is 5.91 Å². The van der Waals surface area contributed by atoms with Crippen LogP contribution in [0.25, 0.3) is 0 Å². The summed E-state index contributed by atoms with van der Waals surface area (Å²) in [7, 11) is 0. The van der Waals surface area contributed by atoms with Crippen molar-refractivity contribution in [2.24, 2.45) is 5.92 Å². The average Bonchev–Trinajstić information content (AvgIpc) is 2.67. The second kappa shape index (κ2) is 10.2. The maximum absolute atomic E-state index is 13.8. The fourth-order valence-electron chi connectivity index (χ4n) is 2.46. The van der Waals surface area contributed by atoms with Gasteiger partial charge in [-0.1, -0.05) is 38.1 Å². The van der Waals surface area contributed by atoms with E-state index in [0.717, 1.165) is 0 Å². The highest BCUT2D eigenvalue weighted by Gasteiger charge is 2.26. The molecule has 8 heteroatoms. The first-order valence-corrected chi connectivity index (χ1v) is 9.11. The molecular weight excluding hydrogens is 377 g/mol. The summed E-state index contributed by atoms with van der Waals surface area (Å²) in [5.74, 6) is -2.30. The fourth-order valence-corrected chi connectivity index (χ4v) is 2.46. The van der Waals surface area contributed by atoms with Gasteiger partial charge in [0.05, 0.1) is 5.69 Å². The zero-order valence-corrected chi connectivity index (χ0v) is 16.5. The number of para-hydroxylation sites is 1. The van der Waals surface area contributed by atoms with Crippen LogP contribution in [-0.2, 0) is 14.3 Å². The molecule has 2 aromatic rings. The molecule has 0 aliphatic heterocycles. The number of amides is 3. The number of hydrogen-bond donors (Lipinski definition) is 3. The summed E-state index contributed by atoms with van der Waals surface area (Å²) in [6.45, 7) is 4.59. The van der Waals surface area contributed by atoms with Crippen molar-refractivity contribution >= 4 is 29.3 Å². The van der Waals surface area contributed by atoms with Crippen molar-refractivity contribution in [2.45, 2.75) is 26.8 Å². The Kier molecular flexibility index (Phi) is 7.70. The molecule has 0 saturated carbocycles. The normalized spacial score (nSPS) is 11.5. The molecule has 0 fully saturated rings. The van der Waals surface area contributed by atoms with Crippen LogP contribution >= 0.6 is 0 Å². The highest BCUT2D eigenvalue weighted by atomic mass is 19.1. The van der Waals surface area contributed by atoms with Gasteiger partial charge >= 0.3 is 12.0 Å². The average molecular weight is 401 g/mol. The lowest BCUT2D eigenvalue weighted by atomic mass is 10.1. The lowest BCUT2D eigenvalue weighted by Crippen LogP contribution is -2.47. The van der Waals surface area contributed by atoms with Crippen LogP contribution in [0.4, 0.5) is 20.6 Å². The maximum atomic E-state index is 13.8. The second-order valence-electron chi connectivity index (χ2n) is 6.83. The number of carbonyl (C=O) groups is 3. The Labute approximate surface area is 168 Å². The highest BCUT2D eigenvalue weighted by molar-refractivity contribution is 5.95. The van der Waals surface area contributed by atoms with Crippen molar-refractivity contribution in [3.05, 3.63) is 59.9 Å². The second-order valence-corrected chi connectivity index (χ2v) is 6.83. The van der Waals surface area contributed by atoms with Crippen molar-refractivity contribution in [1.82, 2.24) is 5.32 Å². The van der Waals surface area contributed by atoms with Gasteiger partial charge in [-0.3, -0.25) is 4.79 Å². The minimum Gasteiger partial charge on any atom is -0.454 e. The monoisotopic (exact) mass is 401 g/mol. The Morgan fingerprint density at radius 1 is 1.03 bits per heavy atom. The molecule has 0 spiro atoms. The fraction of sp³-hybridized carbons (Fsp3) is 0.286. The van der Waals surface area contributed by atoms with Gasteiger partial charge in [0.2, 0.25) is 0 Å². The zero-order chi connectivity index (χ0) is 21.4. The third-order valence-electron chi connectivity index (χ3n) is 3.98. The van der Waals surface area contributed by atoms with E-state index in [1.807, 2.05) is 6.07 Å². The van der Waals surface area contributed by atoms with E-state index in [4.69, 9.17) is 4.74 Å². The molecule has 0 unspecified atom stereocenters. The number of esters is 1. The van der Waals surface area contributed by atoms with E-state index in [2.05, 4.69) is 16.0 Å². The Morgan fingerprint density at radius 2 is 1.72 bits per heavy atom. The molecule has 0 aromatic heterocycles. The molecule has 0 saturated heterocycles. The standard InChI is InChI=1S/C21H24FN3O4/c1-13(2)19(25-21(28)23-15-7-5-4-6-8-15)20(27)29-12-18(26)24-17-10-9-14(3)11-16(17)22/h4-11,13,19H,12H2,1-3H3,(H,24,26)(H2,23,25,28)/t19-/m0/s1. The van der Waals surface area contributed by atoms with Gasteiger partial charge < -0.3 is 20.7 Å².